The van der Waals surface area contributed by atoms with E-state index in [1.807, 2.05) is 48.5 Å². The molecule has 0 aliphatic heterocycles. The monoisotopic (exact) mass is 449 g/mol. The molecule has 0 bridgehead atoms. The second-order valence-electron chi connectivity index (χ2n) is 7.16. The van der Waals surface area contributed by atoms with Crippen molar-refractivity contribution in [1.82, 2.24) is 9.97 Å². The van der Waals surface area contributed by atoms with Crippen LogP contribution in [0.5, 0.6) is 11.5 Å². The molecule has 0 amide bonds. The van der Waals surface area contributed by atoms with Crippen LogP contribution in [0.25, 0.3) is 10.9 Å². The largest absolute Gasteiger partial charge is 0.493 e. The van der Waals surface area contributed by atoms with E-state index in [4.69, 9.17) is 14.5 Å². The molecule has 0 atom stereocenters. The van der Waals surface area contributed by atoms with Crippen LogP contribution < -0.4 is 14.8 Å². The van der Waals surface area contributed by atoms with Crippen molar-refractivity contribution < 1.29 is 13.9 Å². The Morgan fingerprint density at radius 1 is 0.875 bits per heavy atom. The van der Waals surface area contributed by atoms with Crippen molar-refractivity contribution in [2.24, 2.45) is 0 Å². The summed E-state index contributed by atoms with van der Waals surface area (Å²) in [4.78, 5) is 9.40. The van der Waals surface area contributed by atoms with E-state index in [2.05, 4.69) is 10.3 Å². The Morgan fingerprint density at radius 2 is 1.72 bits per heavy atom. The summed E-state index contributed by atoms with van der Waals surface area (Å²) in [6, 6.07) is 20.5. The lowest BCUT2D eigenvalue weighted by Crippen LogP contribution is -2.08. The highest BCUT2D eigenvalue weighted by molar-refractivity contribution is 7.98. The van der Waals surface area contributed by atoms with Gasteiger partial charge in [-0.15, -0.1) is 0 Å². The first-order valence-electron chi connectivity index (χ1n) is 10.2. The molecule has 1 heterocycles. The molecule has 32 heavy (non-hydrogen) atoms. The third-order valence-electron chi connectivity index (χ3n) is 4.99. The second-order valence-corrected chi connectivity index (χ2v) is 8.10. The standard InChI is InChI=1S/C25H24FN3O2S/c1-30-22-11-10-17(15-23(22)31-2)12-13-27-24-20-8-3-4-9-21(20)28-25(29-24)32-16-18-6-5-7-19(26)14-18/h3-11,14-15H,12-13,16H2,1-2H3,(H,27,28,29). The van der Waals surface area contributed by atoms with Crippen LogP contribution in [0, 0.1) is 5.82 Å². The molecule has 3 aromatic carbocycles. The molecule has 1 aromatic heterocycles. The van der Waals surface area contributed by atoms with Crippen molar-refractivity contribution in [3.8, 4) is 11.5 Å². The number of fused-ring (bicyclic) bond motifs is 1. The van der Waals surface area contributed by atoms with Gasteiger partial charge in [-0.2, -0.15) is 0 Å². The van der Waals surface area contributed by atoms with Crippen molar-refractivity contribution in [2.45, 2.75) is 17.3 Å². The Morgan fingerprint density at radius 3 is 2.53 bits per heavy atom. The highest BCUT2D eigenvalue weighted by atomic mass is 32.2. The van der Waals surface area contributed by atoms with Crippen LogP contribution in [0.1, 0.15) is 11.1 Å². The average Bonchev–Trinajstić information content (AvgIpc) is 2.82. The maximum atomic E-state index is 13.5. The predicted molar refractivity (Wildman–Crippen MR) is 127 cm³/mol. The maximum absolute atomic E-state index is 13.5. The van der Waals surface area contributed by atoms with Crippen LogP contribution in [0.15, 0.2) is 71.9 Å². The maximum Gasteiger partial charge on any atom is 0.190 e. The van der Waals surface area contributed by atoms with E-state index in [1.54, 1.807) is 20.3 Å². The summed E-state index contributed by atoms with van der Waals surface area (Å²) in [5, 5.41) is 5.08. The number of nitrogens with zero attached hydrogens (tertiary/aromatic N) is 2. The van der Waals surface area contributed by atoms with E-state index in [1.165, 1.54) is 23.9 Å². The van der Waals surface area contributed by atoms with Gasteiger partial charge in [0.05, 0.1) is 19.7 Å². The average molecular weight is 450 g/mol. The molecule has 0 spiro atoms. The molecule has 0 aliphatic carbocycles. The van der Waals surface area contributed by atoms with Gasteiger partial charge >= 0.3 is 0 Å². The summed E-state index contributed by atoms with van der Waals surface area (Å²) >= 11 is 1.49. The summed E-state index contributed by atoms with van der Waals surface area (Å²) in [6.07, 6.45) is 0.796. The summed E-state index contributed by atoms with van der Waals surface area (Å²) in [5.74, 6) is 2.58. The first-order chi connectivity index (χ1) is 15.7. The summed E-state index contributed by atoms with van der Waals surface area (Å²) in [7, 11) is 3.26. The molecule has 164 valence electrons. The number of methoxy groups -OCH3 is 2. The number of anilines is 1. The minimum atomic E-state index is -0.236. The molecule has 5 nitrogen and oxygen atoms in total. The minimum Gasteiger partial charge on any atom is -0.493 e. The number of benzene rings is 3. The van der Waals surface area contributed by atoms with Crippen molar-refractivity contribution in [3.05, 3.63) is 83.7 Å². The highest BCUT2D eigenvalue weighted by Crippen LogP contribution is 2.29. The van der Waals surface area contributed by atoms with Gasteiger partial charge in [-0.25, -0.2) is 14.4 Å². The van der Waals surface area contributed by atoms with E-state index in [9.17, 15) is 4.39 Å². The Hall–Kier alpha value is -3.32. The van der Waals surface area contributed by atoms with Crippen LogP contribution in [0.4, 0.5) is 10.2 Å². The van der Waals surface area contributed by atoms with Gasteiger partial charge in [-0.05, 0) is 53.9 Å². The molecule has 0 aliphatic rings. The molecular formula is C25H24FN3O2S. The topological polar surface area (TPSA) is 56.3 Å². The molecule has 7 heteroatoms. The highest BCUT2D eigenvalue weighted by Gasteiger charge is 2.09. The number of hydrogen-bond donors (Lipinski definition) is 1. The zero-order valence-corrected chi connectivity index (χ0v) is 18.8. The SMILES string of the molecule is COc1ccc(CCNc2nc(SCc3cccc(F)c3)nc3ccccc23)cc1OC. The van der Waals surface area contributed by atoms with Gasteiger partial charge in [0.15, 0.2) is 16.7 Å². The van der Waals surface area contributed by atoms with E-state index >= 15 is 0 Å². The third kappa shape index (κ3) is 5.29. The van der Waals surface area contributed by atoms with Gasteiger partial charge in [0.1, 0.15) is 11.6 Å². The molecular weight excluding hydrogens is 425 g/mol. The van der Waals surface area contributed by atoms with Gasteiger partial charge in [0.2, 0.25) is 0 Å². The number of rotatable bonds is 9. The van der Waals surface area contributed by atoms with Crippen LogP contribution in [0.2, 0.25) is 0 Å². The van der Waals surface area contributed by atoms with Gasteiger partial charge in [-0.1, -0.05) is 42.1 Å². The van der Waals surface area contributed by atoms with Crippen LogP contribution in [0.3, 0.4) is 0 Å². The van der Waals surface area contributed by atoms with Gasteiger partial charge in [0.25, 0.3) is 0 Å². The Kier molecular flexibility index (Phi) is 7.07. The van der Waals surface area contributed by atoms with Crippen LogP contribution >= 0.6 is 11.8 Å². The van der Waals surface area contributed by atoms with Crippen LogP contribution in [-0.4, -0.2) is 30.7 Å². The number of ether oxygens (including phenoxy) is 2. The van der Waals surface area contributed by atoms with Gasteiger partial charge < -0.3 is 14.8 Å². The summed E-state index contributed by atoms with van der Waals surface area (Å²) in [6.45, 7) is 0.699. The van der Waals surface area contributed by atoms with E-state index in [0.717, 1.165) is 34.3 Å². The lowest BCUT2D eigenvalue weighted by atomic mass is 10.1. The zero-order valence-electron chi connectivity index (χ0n) is 18.0. The Bertz CT molecular complexity index is 1220. The first-order valence-corrected chi connectivity index (χ1v) is 11.2. The second kappa shape index (κ2) is 10.3. The fourth-order valence-electron chi connectivity index (χ4n) is 3.39. The molecule has 0 fully saturated rings. The minimum absolute atomic E-state index is 0.236. The number of hydrogen-bond acceptors (Lipinski definition) is 6. The number of thioether (sulfide) groups is 1. The normalized spacial score (nSPS) is 10.8. The quantitative estimate of drug-likeness (QED) is 0.260. The van der Waals surface area contributed by atoms with Gasteiger partial charge in [0, 0.05) is 17.7 Å². The number of para-hydroxylation sites is 1. The Labute approximate surface area is 191 Å². The lowest BCUT2D eigenvalue weighted by Gasteiger charge is -2.12. The van der Waals surface area contributed by atoms with Crippen molar-refractivity contribution in [3.63, 3.8) is 0 Å². The van der Waals surface area contributed by atoms with E-state index in [-0.39, 0.29) is 5.82 Å². The molecule has 0 radical (unpaired) electrons. The fraction of sp³-hybridized carbons (Fsp3) is 0.200. The number of nitrogens with one attached hydrogen (secondary N) is 1. The zero-order chi connectivity index (χ0) is 22.3. The summed E-state index contributed by atoms with van der Waals surface area (Å²) in [5.41, 5.74) is 2.90. The molecule has 1 N–H and O–H groups in total. The smallest absolute Gasteiger partial charge is 0.190 e. The Balaban J connectivity index is 1.49. The molecule has 0 unspecified atom stereocenters. The molecule has 4 aromatic rings. The molecule has 0 saturated carbocycles. The van der Waals surface area contributed by atoms with E-state index in [0.29, 0.717) is 29.0 Å². The van der Waals surface area contributed by atoms with E-state index < -0.39 is 0 Å². The van der Waals surface area contributed by atoms with Crippen molar-refractivity contribution in [1.29, 1.82) is 0 Å². The lowest BCUT2D eigenvalue weighted by molar-refractivity contribution is 0.354. The van der Waals surface area contributed by atoms with Crippen molar-refractivity contribution in [2.75, 3.05) is 26.1 Å². The summed E-state index contributed by atoms with van der Waals surface area (Å²) < 4.78 is 24.2. The molecule has 0 saturated heterocycles. The van der Waals surface area contributed by atoms with Crippen LogP contribution in [-0.2, 0) is 12.2 Å². The number of halogens is 1. The predicted octanol–water partition coefficient (Wildman–Crippen LogP) is 5.73. The van der Waals surface area contributed by atoms with Gasteiger partial charge in [-0.3, -0.25) is 0 Å². The number of aromatic nitrogens is 2. The van der Waals surface area contributed by atoms with Crippen molar-refractivity contribution >= 4 is 28.5 Å². The first kappa shape index (κ1) is 21.9. The molecule has 4 rings (SSSR count). The fourth-order valence-corrected chi connectivity index (χ4v) is 4.18. The third-order valence-corrected chi connectivity index (χ3v) is 5.91.